The maximum Gasteiger partial charge on any atom is 0.329 e. The van der Waals surface area contributed by atoms with Crippen molar-refractivity contribution in [3.8, 4) is 5.88 Å². The topological polar surface area (TPSA) is 65.2 Å². The number of carbonyl (C=O) groups is 1. The molecular weight excluding hydrogens is 204 g/mol. The normalized spacial score (nSPS) is 12.4. The first kappa shape index (κ1) is 10.6. The predicted molar refractivity (Wildman–Crippen MR) is 61.0 cm³/mol. The number of fused-ring (bicyclic) bond motifs is 1. The number of para-hydroxylation sites is 1. The van der Waals surface area contributed by atoms with Gasteiger partial charge in [-0.1, -0.05) is 18.2 Å². The summed E-state index contributed by atoms with van der Waals surface area (Å²) in [7, 11) is 0. The molecule has 0 radical (unpaired) electrons. The van der Waals surface area contributed by atoms with E-state index in [0.717, 1.165) is 10.9 Å². The van der Waals surface area contributed by atoms with E-state index in [1.54, 1.807) is 13.0 Å². The largest absolute Gasteiger partial charge is 0.406 e. The van der Waals surface area contributed by atoms with Crippen LogP contribution in [0.5, 0.6) is 5.88 Å². The van der Waals surface area contributed by atoms with E-state index in [-0.39, 0.29) is 5.88 Å². The molecule has 0 unspecified atom stereocenters. The first-order valence-corrected chi connectivity index (χ1v) is 5.00. The van der Waals surface area contributed by atoms with Gasteiger partial charge in [-0.05, 0) is 19.1 Å². The standard InChI is InChI=1S/C12H12N2O2/c1-8(13)12(15)16-11-7-6-9-4-2-3-5-10(9)14-11/h2-8H,13H2,1H3/t8-/m0/s1. The first-order chi connectivity index (χ1) is 7.66. The smallest absolute Gasteiger partial charge is 0.329 e. The van der Waals surface area contributed by atoms with Crippen molar-refractivity contribution in [2.24, 2.45) is 5.73 Å². The number of aromatic nitrogens is 1. The van der Waals surface area contributed by atoms with Crippen LogP contribution in [0.1, 0.15) is 6.92 Å². The molecule has 0 aliphatic heterocycles. The summed E-state index contributed by atoms with van der Waals surface area (Å²) in [6, 6.07) is 10.5. The molecule has 2 rings (SSSR count). The fourth-order valence-electron chi connectivity index (χ4n) is 1.30. The number of rotatable bonds is 2. The number of benzene rings is 1. The van der Waals surface area contributed by atoms with E-state index >= 15 is 0 Å². The van der Waals surface area contributed by atoms with Gasteiger partial charge in [0.15, 0.2) is 0 Å². The monoisotopic (exact) mass is 216 g/mol. The second kappa shape index (κ2) is 4.28. The summed E-state index contributed by atoms with van der Waals surface area (Å²) in [5.41, 5.74) is 6.18. The second-order valence-corrected chi connectivity index (χ2v) is 3.55. The van der Waals surface area contributed by atoms with Crippen molar-refractivity contribution in [3.63, 3.8) is 0 Å². The Hall–Kier alpha value is -1.94. The average molecular weight is 216 g/mol. The molecule has 0 spiro atoms. The Labute approximate surface area is 93.0 Å². The second-order valence-electron chi connectivity index (χ2n) is 3.55. The van der Waals surface area contributed by atoms with Crippen LogP contribution in [0.4, 0.5) is 0 Å². The van der Waals surface area contributed by atoms with Crippen LogP contribution in [0.25, 0.3) is 10.9 Å². The minimum Gasteiger partial charge on any atom is -0.406 e. The fourth-order valence-corrected chi connectivity index (χ4v) is 1.30. The third-order valence-electron chi connectivity index (χ3n) is 2.15. The minimum atomic E-state index is -0.645. The lowest BCUT2D eigenvalue weighted by Gasteiger charge is -2.06. The quantitative estimate of drug-likeness (QED) is 0.772. The van der Waals surface area contributed by atoms with E-state index < -0.39 is 12.0 Å². The summed E-state index contributed by atoms with van der Waals surface area (Å²) in [5, 5.41) is 1.00. The number of nitrogens with two attached hydrogens (primary N) is 1. The Kier molecular flexibility index (Phi) is 2.83. The van der Waals surface area contributed by atoms with Crippen molar-refractivity contribution in [2.45, 2.75) is 13.0 Å². The maximum atomic E-state index is 11.3. The Morgan fingerprint density at radius 1 is 1.31 bits per heavy atom. The first-order valence-electron chi connectivity index (χ1n) is 5.00. The summed E-state index contributed by atoms with van der Waals surface area (Å²) < 4.78 is 5.01. The Bertz CT molecular complexity index is 523. The van der Waals surface area contributed by atoms with Crippen LogP contribution in [0.2, 0.25) is 0 Å². The molecule has 0 amide bonds. The average Bonchev–Trinajstić information content (AvgIpc) is 2.28. The SMILES string of the molecule is C[C@H](N)C(=O)Oc1ccc2ccccc2n1. The molecule has 0 aliphatic rings. The summed E-state index contributed by atoms with van der Waals surface area (Å²) >= 11 is 0. The van der Waals surface area contributed by atoms with Crippen molar-refractivity contribution < 1.29 is 9.53 Å². The van der Waals surface area contributed by atoms with E-state index in [1.165, 1.54) is 0 Å². The molecule has 1 heterocycles. The molecule has 0 fully saturated rings. The summed E-state index contributed by atoms with van der Waals surface area (Å²) in [6.45, 7) is 1.57. The van der Waals surface area contributed by atoms with Gasteiger partial charge in [0.25, 0.3) is 0 Å². The van der Waals surface area contributed by atoms with Gasteiger partial charge in [-0.15, -0.1) is 0 Å². The third kappa shape index (κ3) is 2.17. The van der Waals surface area contributed by atoms with Crippen molar-refractivity contribution in [1.82, 2.24) is 4.98 Å². The molecule has 2 N–H and O–H groups in total. The van der Waals surface area contributed by atoms with E-state index in [2.05, 4.69) is 4.98 Å². The molecule has 0 saturated heterocycles. The number of hydrogen-bond donors (Lipinski definition) is 1. The molecule has 4 heteroatoms. The zero-order valence-corrected chi connectivity index (χ0v) is 8.88. The minimum absolute atomic E-state index is 0.279. The Balaban J connectivity index is 2.29. The van der Waals surface area contributed by atoms with E-state index in [9.17, 15) is 4.79 Å². The number of carbonyl (C=O) groups excluding carboxylic acids is 1. The van der Waals surface area contributed by atoms with Gasteiger partial charge in [-0.25, -0.2) is 9.78 Å². The van der Waals surface area contributed by atoms with E-state index in [0.29, 0.717) is 0 Å². The highest BCUT2D eigenvalue weighted by molar-refractivity contribution is 5.81. The fraction of sp³-hybridized carbons (Fsp3) is 0.167. The maximum absolute atomic E-state index is 11.3. The van der Waals surface area contributed by atoms with Gasteiger partial charge >= 0.3 is 5.97 Å². The molecule has 1 aromatic heterocycles. The number of hydrogen-bond acceptors (Lipinski definition) is 4. The molecule has 0 bridgehead atoms. The summed E-state index contributed by atoms with van der Waals surface area (Å²) in [4.78, 5) is 15.5. The van der Waals surface area contributed by atoms with Crippen LogP contribution in [0.15, 0.2) is 36.4 Å². The van der Waals surface area contributed by atoms with E-state index in [1.807, 2.05) is 30.3 Å². The number of nitrogens with zero attached hydrogens (tertiary/aromatic N) is 1. The highest BCUT2D eigenvalue weighted by atomic mass is 16.5. The molecule has 2 aromatic rings. The lowest BCUT2D eigenvalue weighted by molar-refractivity contribution is -0.135. The van der Waals surface area contributed by atoms with Crippen LogP contribution in [0, 0.1) is 0 Å². The van der Waals surface area contributed by atoms with Gasteiger partial charge in [0.2, 0.25) is 5.88 Å². The molecule has 16 heavy (non-hydrogen) atoms. The van der Waals surface area contributed by atoms with Crippen molar-refractivity contribution in [1.29, 1.82) is 0 Å². The summed E-state index contributed by atoms with van der Waals surface area (Å²) in [5.74, 6) is -0.205. The number of pyridine rings is 1. The molecule has 82 valence electrons. The zero-order valence-electron chi connectivity index (χ0n) is 8.88. The molecule has 4 nitrogen and oxygen atoms in total. The molecular formula is C12H12N2O2. The van der Waals surface area contributed by atoms with Crippen LogP contribution in [-0.4, -0.2) is 17.0 Å². The predicted octanol–water partition coefficient (Wildman–Crippen LogP) is 1.49. The molecule has 1 atom stereocenters. The molecule has 0 saturated carbocycles. The van der Waals surface area contributed by atoms with Gasteiger partial charge < -0.3 is 10.5 Å². The molecule has 0 aliphatic carbocycles. The van der Waals surface area contributed by atoms with Gasteiger partial charge in [0.05, 0.1) is 5.52 Å². The lowest BCUT2D eigenvalue weighted by atomic mass is 10.2. The van der Waals surface area contributed by atoms with Gasteiger partial charge in [-0.2, -0.15) is 0 Å². The highest BCUT2D eigenvalue weighted by Gasteiger charge is 2.10. The van der Waals surface area contributed by atoms with Crippen LogP contribution >= 0.6 is 0 Å². The highest BCUT2D eigenvalue weighted by Crippen LogP contribution is 2.16. The van der Waals surface area contributed by atoms with Gasteiger partial charge in [-0.3, -0.25) is 0 Å². The lowest BCUT2D eigenvalue weighted by Crippen LogP contribution is -2.31. The van der Waals surface area contributed by atoms with Crippen molar-refractivity contribution >= 4 is 16.9 Å². The third-order valence-corrected chi connectivity index (χ3v) is 2.15. The molecule has 1 aromatic carbocycles. The van der Waals surface area contributed by atoms with Gasteiger partial charge in [0, 0.05) is 11.5 Å². The number of esters is 1. The van der Waals surface area contributed by atoms with Crippen molar-refractivity contribution in [3.05, 3.63) is 36.4 Å². The Morgan fingerprint density at radius 2 is 2.06 bits per heavy atom. The van der Waals surface area contributed by atoms with Crippen LogP contribution < -0.4 is 10.5 Å². The zero-order chi connectivity index (χ0) is 11.5. The Morgan fingerprint density at radius 3 is 2.81 bits per heavy atom. The van der Waals surface area contributed by atoms with Crippen LogP contribution in [0.3, 0.4) is 0 Å². The van der Waals surface area contributed by atoms with E-state index in [4.69, 9.17) is 10.5 Å². The van der Waals surface area contributed by atoms with Gasteiger partial charge in [0.1, 0.15) is 6.04 Å². The number of ether oxygens (including phenoxy) is 1. The van der Waals surface area contributed by atoms with Crippen molar-refractivity contribution in [2.75, 3.05) is 0 Å². The summed E-state index contributed by atoms with van der Waals surface area (Å²) in [6.07, 6.45) is 0. The van der Waals surface area contributed by atoms with Crippen LogP contribution in [-0.2, 0) is 4.79 Å².